The fraction of sp³-hybridized carbons (Fsp3) is 0. The van der Waals surface area contributed by atoms with Crippen molar-refractivity contribution in [3.63, 3.8) is 0 Å². The number of hydrogen-bond acceptors (Lipinski definition) is 10. The second-order valence-electron chi connectivity index (χ2n) is 21.6. The van der Waals surface area contributed by atoms with Gasteiger partial charge in [0.05, 0.1) is 28.9 Å². The van der Waals surface area contributed by atoms with Crippen molar-refractivity contribution in [3.05, 3.63) is 272 Å². The third kappa shape index (κ3) is 9.59. The van der Waals surface area contributed by atoms with Crippen molar-refractivity contribution in [3.8, 4) is 55.8 Å². The highest BCUT2D eigenvalue weighted by molar-refractivity contribution is 7.26. The summed E-state index contributed by atoms with van der Waals surface area (Å²) in [7, 11) is -1.46. The molecule has 0 saturated carbocycles. The minimum Gasteiger partial charge on any atom is -0.436 e. The van der Waals surface area contributed by atoms with Crippen LogP contribution in [0.25, 0.3) is 162 Å². The van der Waals surface area contributed by atoms with E-state index in [9.17, 15) is 10.0 Å². The summed E-state index contributed by atoms with van der Waals surface area (Å²) >= 11 is 9.52. The molecular weight excluding hydrogens is 1140 g/mol. The van der Waals surface area contributed by atoms with Gasteiger partial charge in [-0.05, 0) is 114 Å². The average Bonchev–Trinajstić information content (AvgIpc) is 2.31. The van der Waals surface area contributed by atoms with Crippen molar-refractivity contribution >= 4 is 153 Å². The van der Waals surface area contributed by atoms with Gasteiger partial charge < -0.3 is 18.9 Å². The zero-order valence-electron chi connectivity index (χ0n) is 46.7. The zero-order valence-corrected chi connectivity index (χ0v) is 49.1. The highest BCUT2D eigenvalue weighted by atomic mass is 35.5. The number of benzene rings is 12. The van der Waals surface area contributed by atoms with Gasteiger partial charge in [-0.25, -0.2) is 15.0 Å². The minimum absolute atomic E-state index is 0.339. The van der Waals surface area contributed by atoms with Gasteiger partial charge in [-0.15, -0.1) is 22.7 Å². The Bertz CT molecular complexity index is 5760. The van der Waals surface area contributed by atoms with E-state index in [4.69, 9.17) is 30.4 Å². The van der Waals surface area contributed by atoms with Gasteiger partial charge in [-0.2, -0.15) is 4.98 Å². The Balaban J connectivity index is 0.000000116. The highest BCUT2D eigenvalue weighted by Gasteiger charge is 2.18. The molecule has 0 saturated heterocycles. The molecule has 2 N–H and O–H groups in total. The monoisotopic (exact) mass is 1190 g/mol. The maximum Gasteiger partial charge on any atom is 0.488 e. The van der Waals surface area contributed by atoms with E-state index in [1.54, 1.807) is 12.3 Å². The number of fused-ring (bicyclic) bond motifs is 16. The summed E-state index contributed by atoms with van der Waals surface area (Å²) in [6.45, 7) is 0. The first kappa shape index (κ1) is 53.1. The average molecular weight is 1190 g/mol. The molecule has 0 atom stereocenters. The summed E-state index contributed by atoms with van der Waals surface area (Å²) in [4.78, 5) is 18.2. The summed E-state index contributed by atoms with van der Waals surface area (Å²) in [6, 6.07) is 87.9. The summed E-state index contributed by atoms with van der Waals surface area (Å²) in [5.41, 5.74) is 15.6. The second-order valence-corrected chi connectivity index (χ2v) is 24.1. The molecule has 8 nitrogen and oxygen atoms in total. The van der Waals surface area contributed by atoms with Crippen LogP contribution < -0.4 is 5.46 Å². The second kappa shape index (κ2) is 22.2. The molecule has 0 bridgehead atoms. The van der Waals surface area contributed by atoms with Crippen molar-refractivity contribution in [2.75, 3.05) is 0 Å². The number of halogens is 1. The molecule has 12 heteroatoms. The molecule has 0 radical (unpaired) electrons. The maximum atomic E-state index is 9.47. The van der Waals surface area contributed by atoms with Crippen molar-refractivity contribution in [1.29, 1.82) is 0 Å². The Labute approximate surface area is 516 Å². The van der Waals surface area contributed by atoms with E-state index in [2.05, 4.69) is 198 Å². The van der Waals surface area contributed by atoms with E-state index >= 15 is 0 Å². The Morgan fingerprint density at radius 2 is 0.784 bits per heavy atom. The van der Waals surface area contributed by atoms with Gasteiger partial charge in [0.2, 0.25) is 11.4 Å². The minimum atomic E-state index is -1.46. The summed E-state index contributed by atoms with van der Waals surface area (Å²) in [5, 5.41) is 31.1. The van der Waals surface area contributed by atoms with Gasteiger partial charge in [0.15, 0.2) is 5.15 Å². The Kier molecular flexibility index (Phi) is 13.4. The van der Waals surface area contributed by atoms with Crippen LogP contribution in [0.2, 0.25) is 5.15 Å². The smallest absolute Gasteiger partial charge is 0.436 e. The molecule has 88 heavy (non-hydrogen) atoms. The van der Waals surface area contributed by atoms with E-state index < -0.39 is 7.12 Å². The fourth-order valence-electron chi connectivity index (χ4n) is 12.1. The van der Waals surface area contributed by atoms with Gasteiger partial charge in [0, 0.05) is 45.9 Å². The first-order valence-corrected chi connectivity index (χ1v) is 30.7. The van der Waals surface area contributed by atoms with Crippen LogP contribution >= 0.6 is 34.3 Å². The maximum absolute atomic E-state index is 9.47. The molecule has 0 aliphatic rings. The normalized spacial score (nSPS) is 11.6. The van der Waals surface area contributed by atoms with Gasteiger partial charge in [0.25, 0.3) is 0 Å². The molecule has 12 aromatic carbocycles. The van der Waals surface area contributed by atoms with Gasteiger partial charge in [-0.3, -0.25) is 0 Å². The lowest BCUT2D eigenvalue weighted by atomic mass is 9.79. The number of thiophene rings is 2. The molecule has 0 fully saturated rings. The quantitative estimate of drug-likeness (QED) is 0.158. The van der Waals surface area contributed by atoms with Crippen LogP contribution in [0.15, 0.2) is 276 Å². The van der Waals surface area contributed by atoms with E-state index in [-0.39, 0.29) is 0 Å². The lowest BCUT2D eigenvalue weighted by molar-refractivity contribution is 0.426. The van der Waals surface area contributed by atoms with Crippen molar-refractivity contribution < 1.29 is 18.9 Å². The number of nitrogens with zero attached hydrogens (tertiary/aromatic N) is 4. The zero-order chi connectivity index (χ0) is 58.8. The molecule has 416 valence electrons. The summed E-state index contributed by atoms with van der Waals surface area (Å²) in [6.07, 6.45) is 3.40. The van der Waals surface area contributed by atoms with Crippen molar-refractivity contribution in [2.24, 2.45) is 0 Å². The predicted molar refractivity (Wildman–Crippen MR) is 368 cm³/mol. The third-order valence-electron chi connectivity index (χ3n) is 16.3. The summed E-state index contributed by atoms with van der Waals surface area (Å²) < 4.78 is 17.1. The molecule has 0 amide bonds. The first-order chi connectivity index (χ1) is 43.3. The SMILES string of the molecule is Clc1cnc2c(n1)oc1ccc3ccccc3c12.OB(O)c1cccc(-c2cccc(-c3cccc4c3sc3ccccc34)c2)c1.c1cc(-c2cccc(-c3cccc4c3sc3ccccc34)c2)cc(-c2cnc3c(n2)oc2ccc4ccccc4c23)c1. The molecule has 18 rings (SSSR count). The number of hydrogen-bond donors (Lipinski definition) is 2. The topological polar surface area (TPSA) is 118 Å². The first-order valence-electron chi connectivity index (χ1n) is 28.7. The fourth-order valence-corrected chi connectivity index (χ4v) is 14.7. The largest absolute Gasteiger partial charge is 0.488 e. The van der Waals surface area contributed by atoms with Crippen LogP contribution in [-0.4, -0.2) is 37.1 Å². The molecule has 0 aliphatic carbocycles. The molecule has 0 unspecified atom stereocenters. The van der Waals surface area contributed by atoms with Gasteiger partial charge in [-0.1, -0.05) is 224 Å². The lowest BCUT2D eigenvalue weighted by Crippen LogP contribution is -2.29. The Morgan fingerprint density at radius 1 is 0.364 bits per heavy atom. The van der Waals surface area contributed by atoms with Crippen LogP contribution in [0.5, 0.6) is 0 Å². The third-order valence-corrected chi connectivity index (χ3v) is 18.9. The van der Waals surface area contributed by atoms with Gasteiger partial charge in [0.1, 0.15) is 22.2 Å². The van der Waals surface area contributed by atoms with E-state index in [1.165, 1.54) is 57.0 Å². The van der Waals surface area contributed by atoms with E-state index in [1.807, 2.05) is 89.5 Å². The number of aromatic nitrogens is 4. The van der Waals surface area contributed by atoms with Crippen LogP contribution in [0.3, 0.4) is 0 Å². The molecule has 6 heterocycles. The van der Waals surface area contributed by atoms with Gasteiger partial charge >= 0.3 is 7.12 Å². The number of furan rings is 2. The standard InChI is InChI=1S/C38H22N2OS.C24H17BO2S.C14H7ClN2O/c1-2-13-28-23(8-1)18-19-33-35(28)36-38(41-33)40-32(22-39-36)27-12-6-10-25(21-27)24-9-5-11-26(20-24)29-15-7-16-31-30-14-3-4-17-34(30)42-37(29)31;26-25(27)19-9-4-7-17(15-19)16-6-3-8-18(14-16)20-11-5-12-22-21-10-1-2-13-23(21)28-24(20)22;15-11-7-16-13-12-9-4-2-1-3-8(9)5-6-10(12)18-14(13)17-11/h1-22H;1-15,26-27H;1-7H. The summed E-state index contributed by atoms with van der Waals surface area (Å²) in [5.74, 6) is 0. The van der Waals surface area contributed by atoms with Crippen LogP contribution in [0, 0.1) is 0 Å². The molecular formula is C76H46BClN4O4S2. The number of rotatable bonds is 6. The molecule has 18 aromatic rings. The van der Waals surface area contributed by atoms with Crippen molar-refractivity contribution in [1.82, 2.24) is 19.9 Å². The highest BCUT2D eigenvalue weighted by Crippen LogP contribution is 2.43. The Morgan fingerprint density at radius 3 is 1.33 bits per heavy atom. The Hall–Kier alpha value is -10.4. The molecule has 0 spiro atoms. The predicted octanol–water partition coefficient (Wildman–Crippen LogP) is 20.1. The van der Waals surface area contributed by atoms with E-state index in [0.717, 1.165) is 93.6 Å². The van der Waals surface area contributed by atoms with Crippen LogP contribution in [0.1, 0.15) is 0 Å². The molecule has 0 aliphatic heterocycles. The van der Waals surface area contributed by atoms with E-state index in [0.29, 0.717) is 22.0 Å². The van der Waals surface area contributed by atoms with Crippen LogP contribution in [0.4, 0.5) is 0 Å². The lowest BCUT2D eigenvalue weighted by Gasteiger charge is -2.09. The van der Waals surface area contributed by atoms with Crippen molar-refractivity contribution in [2.45, 2.75) is 0 Å². The molecule has 6 aromatic heterocycles. The van der Waals surface area contributed by atoms with Crippen LogP contribution in [-0.2, 0) is 0 Å².